The van der Waals surface area contributed by atoms with Gasteiger partial charge in [0.1, 0.15) is 0 Å². The zero-order valence-corrected chi connectivity index (χ0v) is 19.1. The van der Waals surface area contributed by atoms with Gasteiger partial charge in [-0.15, -0.1) is 0 Å². The second-order valence-electron chi connectivity index (χ2n) is 8.45. The van der Waals surface area contributed by atoms with Gasteiger partial charge in [-0.25, -0.2) is 9.78 Å². The summed E-state index contributed by atoms with van der Waals surface area (Å²) < 4.78 is 4.05. The largest absolute Gasteiger partial charge is 0.339 e. The molecule has 4 rings (SSSR count). The van der Waals surface area contributed by atoms with Gasteiger partial charge in [-0.3, -0.25) is 23.5 Å². The first-order valence-corrected chi connectivity index (χ1v) is 11.1. The average Bonchev–Trinajstić information content (AvgIpc) is 3.48. The Kier molecular flexibility index (Phi) is 6.17. The molecule has 1 aliphatic rings. The topological polar surface area (TPSA) is 111 Å². The first-order valence-electron chi connectivity index (χ1n) is 11.1. The summed E-state index contributed by atoms with van der Waals surface area (Å²) in [6.07, 6.45) is 4.27. The van der Waals surface area contributed by atoms with Gasteiger partial charge in [0, 0.05) is 51.4 Å². The number of imidazole rings is 1. The van der Waals surface area contributed by atoms with E-state index < -0.39 is 11.2 Å². The number of amides is 2. The molecule has 10 heteroatoms. The van der Waals surface area contributed by atoms with Gasteiger partial charge < -0.3 is 14.8 Å². The highest BCUT2D eigenvalue weighted by molar-refractivity contribution is 5.99. The zero-order valence-electron chi connectivity index (χ0n) is 19.1. The van der Waals surface area contributed by atoms with E-state index in [4.69, 9.17) is 0 Å². The first kappa shape index (κ1) is 22.5. The highest BCUT2D eigenvalue weighted by atomic mass is 16.2. The van der Waals surface area contributed by atoms with E-state index in [0.717, 1.165) is 36.1 Å². The lowest BCUT2D eigenvalue weighted by Gasteiger charge is -2.18. The maximum absolute atomic E-state index is 12.8. The van der Waals surface area contributed by atoms with Crippen LogP contribution in [-0.2, 0) is 25.4 Å². The number of nitrogens with one attached hydrogen (secondary N) is 1. The fraction of sp³-hybridized carbons (Fsp3) is 0.435. The fourth-order valence-corrected chi connectivity index (χ4v) is 4.28. The number of hydrogen-bond acceptors (Lipinski definition) is 5. The van der Waals surface area contributed by atoms with Gasteiger partial charge in [0.25, 0.3) is 11.5 Å². The third kappa shape index (κ3) is 4.20. The first-order chi connectivity index (χ1) is 15.8. The van der Waals surface area contributed by atoms with E-state index in [0.29, 0.717) is 35.4 Å². The number of benzene rings is 1. The van der Waals surface area contributed by atoms with Crippen LogP contribution >= 0.6 is 0 Å². The molecular weight excluding hydrogens is 424 g/mol. The number of aryl methyl sites for hydroxylation is 2. The van der Waals surface area contributed by atoms with E-state index in [1.54, 1.807) is 29.8 Å². The lowest BCUT2D eigenvalue weighted by atomic mass is 10.1. The van der Waals surface area contributed by atoms with Crippen molar-refractivity contribution in [3.63, 3.8) is 0 Å². The number of nitrogens with zero attached hydrogens (tertiary/aromatic N) is 5. The molecule has 3 heterocycles. The second-order valence-corrected chi connectivity index (χ2v) is 8.45. The highest BCUT2D eigenvalue weighted by Crippen LogP contribution is 2.22. The van der Waals surface area contributed by atoms with Crippen molar-refractivity contribution in [1.82, 2.24) is 23.6 Å². The normalized spacial score (nSPS) is 13.6. The van der Waals surface area contributed by atoms with Crippen LogP contribution < -0.4 is 16.6 Å². The molecule has 0 radical (unpaired) electrons. The molecule has 10 nitrogen and oxygen atoms in total. The zero-order chi connectivity index (χ0) is 23.7. The van der Waals surface area contributed by atoms with Gasteiger partial charge in [-0.1, -0.05) is 6.07 Å². The molecule has 33 heavy (non-hydrogen) atoms. The standard InChI is InChI=1S/C23H28N6O4/c1-15-16(21(31)28-11-4-5-12-28)8-6-9-17(15)25-18(30)10-7-13-29-14-24-20-19(29)22(32)27(3)23(33)26(20)2/h6,8-9,14H,4-5,7,10-13H2,1-3H3,(H,25,30). The van der Waals surface area contributed by atoms with Crippen LogP contribution in [0.5, 0.6) is 0 Å². The Morgan fingerprint density at radius 3 is 2.55 bits per heavy atom. The number of aromatic nitrogens is 4. The smallest absolute Gasteiger partial charge is 0.332 e. The number of hydrogen-bond donors (Lipinski definition) is 1. The summed E-state index contributed by atoms with van der Waals surface area (Å²) in [6, 6.07) is 5.37. The summed E-state index contributed by atoms with van der Waals surface area (Å²) in [5.41, 5.74) is 1.81. The highest BCUT2D eigenvalue weighted by Gasteiger charge is 2.22. The molecule has 2 aromatic heterocycles. The van der Waals surface area contributed by atoms with Crippen LogP contribution in [0, 0.1) is 6.92 Å². The third-order valence-electron chi connectivity index (χ3n) is 6.25. The molecule has 3 aromatic rings. The Hall–Kier alpha value is -3.69. The monoisotopic (exact) mass is 452 g/mol. The molecule has 0 spiro atoms. The fourth-order valence-electron chi connectivity index (χ4n) is 4.28. The summed E-state index contributed by atoms with van der Waals surface area (Å²) in [6.45, 7) is 3.80. The Balaban J connectivity index is 1.42. The number of likely N-dealkylation sites (tertiary alicyclic amines) is 1. The second kappa shape index (κ2) is 9.05. The average molecular weight is 453 g/mol. The van der Waals surface area contributed by atoms with Crippen LogP contribution in [0.1, 0.15) is 41.6 Å². The SMILES string of the molecule is Cc1c(NC(=O)CCCn2cnc3c2c(=O)n(C)c(=O)n3C)cccc1C(=O)N1CCCC1. The van der Waals surface area contributed by atoms with E-state index in [9.17, 15) is 19.2 Å². The van der Waals surface area contributed by atoms with Crippen molar-refractivity contribution >= 4 is 28.7 Å². The minimum atomic E-state index is -0.432. The molecule has 174 valence electrons. The number of rotatable bonds is 6. The number of carbonyl (C=O) groups is 2. The van der Waals surface area contributed by atoms with Gasteiger partial charge in [-0.2, -0.15) is 0 Å². The van der Waals surface area contributed by atoms with Crippen LogP contribution in [0.3, 0.4) is 0 Å². The quantitative estimate of drug-likeness (QED) is 0.608. The molecule has 1 saturated heterocycles. The van der Waals surface area contributed by atoms with Crippen molar-refractivity contribution in [2.45, 2.75) is 39.2 Å². The summed E-state index contributed by atoms with van der Waals surface area (Å²) in [5.74, 6) is -0.169. The molecule has 1 N–H and O–H groups in total. The lowest BCUT2D eigenvalue weighted by molar-refractivity contribution is -0.116. The molecule has 0 atom stereocenters. The van der Waals surface area contributed by atoms with Gasteiger partial charge in [-0.05, 0) is 43.9 Å². The minimum Gasteiger partial charge on any atom is -0.339 e. The molecule has 2 amide bonds. The number of carbonyl (C=O) groups excluding carboxylic acids is 2. The van der Waals surface area contributed by atoms with Crippen molar-refractivity contribution in [2.24, 2.45) is 14.1 Å². The van der Waals surface area contributed by atoms with Crippen molar-refractivity contribution in [2.75, 3.05) is 18.4 Å². The van der Waals surface area contributed by atoms with E-state index in [-0.39, 0.29) is 18.2 Å². The molecule has 1 aliphatic heterocycles. The Morgan fingerprint density at radius 2 is 1.82 bits per heavy atom. The minimum absolute atomic E-state index is 0.00376. The van der Waals surface area contributed by atoms with Crippen LogP contribution in [0.2, 0.25) is 0 Å². The van der Waals surface area contributed by atoms with Crippen molar-refractivity contribution in [3.8, 4) is 0 Å². The van der Waals surface area contributed by atoms with Crippen molar-refractivity contribution in [1.29, 1.82) is 0 Å². The summed E-state index contributed by atoms with van der Waals surface area (Å²) >= 11 is 0. The van der Waals surface area contributed by atoms with Crippen LogP contribution in [0.4, 0.5) is 5.69 Å². The van der Waals surface area contributed by atoms with E-state index in [2.05, 4.69) is 10.3 Å². The van der Waals surface area contributed by atoms with Gasteiger partial charge >= 0.3 is 5.69 Å². The Bertz CT molecular complexity index is 1340. The molecule has 1 aromatic carbocycles. The molecule has 0 aliphatic carbocycles. The number of anilines is 1. The van der Waals surface area contributed by atoms with Gasteiger partial charge in [0.2, 0.25) is 5.91 Å². The summed E-state index contributed by atoms with van der Waals surface area (Å²) in [4.78, 5) is 56.0. The molecule has 1 fully saturated rings. The maximum Gasteiger partial charge on any atom is 0.332 e. The molecule has 0 saturated carbocycles. The predicted octanol–water partition coefficient (Wildman–Crippen LogP) is 1.40. The summed E-state index contributed by atoms with van der Waals surface area (Å²) in [7, 11) is 3.00. The van der Waals surface area contributed by atoms with Crippen LogP contribution in [0.25, 0.3) is 11.2 Å². The molecular formula is C23H28N6O4. The van der Waals surface area contributed by atoms with Gasteiger partial charge in [0.15, 0.2) is 11.2 Å². The van der Waals surface area contributed by atoms with E-state index >= 15 is 0 Å². The molecule has 0 bridgehead atoms. The van der Waals surface area contributed by atoms with Crippen LogP contribution in [0.15, 0.2) is 34.1 Å². The summed E-state index contributed by atoms with van der Waals surface area (Å²) in [5, 5.41) is 2.90. The van der Waals surface area contributed by atoms with Crippen molar-refractivity contribution in [3.05, 3.63) is 56.5 Å². The Morgan fingerprint density at radius 1 is 1.09 bits per heavy atom. The van der Waals surface area contributed by atoms with Crippen molar-refractivity contribution < 1.29 is 9.59 Å². The molecule has 0 unspecified atom stereocenters. The lowest BCUT2D eigenvalue weighted by Crippen LogP contribution is -2.37. The van der Waals surface area contributed by atoms with E-state index in [1.807, 2.05) is 11.8 Å². The van der Waals surface area contributed by atoms with Gasteiger partial charge in [0.05, 0.1) is 6.33 Å². The van der Waals surface area contributed by atoms with E-state index in [1.165, 1.54) is 17.9 Å². The maximum atomic E-state index is 12.8. The van der Waals surface area contributed by atoms with Crippen LogP contribution in [-0.4, -0.2) is 48.5 Å². The Labute approximate surface area is 190 Å². The third-order valence-corrected chi connectivity index (χ3v) is 6.25. The number of fused-ring (bicyclic) bond motifs is 1. The predicted molar refractivity (Wildman–Crippen MR) is 124 cm³/mol.